The van der Waals surface area contributed by atoms with Crippen molar-refractivity contribution in [3.8, 4) is 0 Å². The molecule has 0 saturated carbocycles. The molecule has 0 fully saturated rings. The van der Waals surface area contributed by atoms with Crippen LogP contribution in [0.15, 0.2) is 56.8 Å². The predicted octanol–water partition coefficient (Wildman–Crippen LogP) is 2.41. The zero-order valence-corrected chi connectivity index (χ0v) is 13.6. The molecule has 3 rings (SSSR count). The van der Waals surface area contributed by atoms with Crippen LogP contribution in [0, 0.1) is 0 Å². The first-order valence-corrected chi connectivity index (χ1v) is 8.43. The van der Waals surface area contributed by atoms with Crippen molar-refractivity contribution in [1.82, 2.24) is 20.3 Å². The van der Waals surface area contributed by atoms with E-state index in [1.807, 2.05) is 17.5 Å². The van der Waals surface area contributed by atoms with Gasteiger partial charge in [0, 0.05) is 24.0 Å². The molecule has 23 heavy (non-hydrogen) atoms. The van der Waals surface area contributed by atoms with Gasteiger partial charge in [0.1, 0.15) is 5.76 Å². The lowest BCUT2D eigenvalue weighted by molar-refractivity contribution is -0.115. The molecule has 2 N–H and O–H groups in total. The molecule has 0 aliphatic carbocycles. The molecule has 118 valence electrons. The van der Waals surface area contributed by atoms with Gasteiger partial charge in [0.25, 0.3) is 0 Å². The zero-order chi connectivity index (χ0) is 15.9. The van der Waals surface area contributed by atoms with Crippen molar-refractivity contribution in [2.24, 2.45) is 0 Å². The second kappa shape index (κ2) is 7.86. The van der Waals surface area contributed by atoms with Gasteiger partial charge < -0.3 is 15.1 Å². The van der Waals surface area contributed by atoms with Crippen molar-refractivity contribution in [2.75, 3.05) is 11.9 Å². The summed E-state index contributed by atoms with van der Waals surface area (Å²) in [6.07, 6.45) is 5.01. The van der Waals surface area contributed by atoms with Crippen molar-refractivity contribution in [2.45, 2.75) is 16.8 Å². The van der Waals surface area contributed by atoms with Crippen molar-refractivity contribution < 1.29 is 9.21 Å². The van der Waals surface area contributed by atoms with Gasteiger partial charge in [-0.05, 0) is 30.0 Å². The second-order valence-electron chi connectivity index (χ2n) is 4.34. The average Bonchev–Trinajstić information content (AvgIpc) is 3.21. The first-order chi connectivity index (χ1) is 11.3. The summed E-state index contributed by atoms with van der Waals surface area (Å²) in [5.41, 5.74) is 0. The summed E-state index contributed by atoms with van der Waals surface area (Å²) in [4.78, 5) is 23.9. The van der Waals surface area contributed by atoms with E-state index in [2.05, 4.69) is 25.6 Å². The molecule has 3 aromatic rings. The van der Waals surface area contributed by atoms with Gasteiger partial charge in [-0.25, -0.2) is 15.0 Å². The van der Waals surface area contributed by atoms with E-state index in [1.165, 1.54) is 23.1 Å². The van der Waals surface area contributed by atoms with Crippen molar-refractivity contribution in [1.29, 1.82) is 0 Å². The van der Waals surface area contributed by atoms with E-state index in [-0.39, 0.29) is 12.5 Å². The Bertz CT molecular complexity index is 746. The highest BCUT2D eigenvalue weighted by Crippen LogP contribution is 2.25. The van der Waals surface area contributed by atoms with Crippen LogP contribution in [0.25, 0.3) is 0 Å². The SMILES string of the molecule is O=C(CNCc1ccc(Sc2ncccn2)o1)Nc1nccs1. The monoisotopic (exact) mass is 347 g/mol. The van der Waals surface area contributed by atoms with E-state index >= 15 is 0 Å². The number of rotatable bonds is 7. The summed E-state index contributed by atoms with van der Waals surface area (Å²) >= 11 is 2.73. The van der Waals surface area contributed by atoms with Gasteiger partial charge in [-0.2, -0.15) is 0 Å². The van der Waals surface area contributed by atoms with E-state index in [0.29, 0.717) is 21.9 Å². The van der Waals surface area contributed by atoms with Crippen LogP contribution >= 0.6 is 23.1 Å². The number of aromatic nitrogens is 3. The lowest BCUT2D eigenvalue weighted by Crippen LogP contribution is -2.27. The van der Waals surface area contributed by atoms with Gasteiger partial charge in [-0.15, -0.1) is 11.3 Å². The maximum absolute atomic E-state index is 11.7. The molecule has 0 saturated heterocycles. The number of thiazole rings is 1. The summed E-state index contributed by atoms with van der Waals surface area (Å²) in [6, 6.07) is 5.48. The Balaban J connectivity index is 1.43. The topological polar surface area (TPSA) is 92.9 Å². The average molecular weight is 347 g/mol. The fourth-order valence-corrected chi connectivity index (χ4v) is 2.92. The molecule has 0 bridgehead atoms. The molecule has 7 nitrogen and oxygen atoms in total. The Labute approximate surface area is 140 Å². The van der Waals surface area contributed by atoms with Gasteiger partial charge in [-0.3, -0.25) is 4.79 Å². The number of nitrogens with one attached hydrogen (secondary N) is 2. The Kier molecular flexibility index (Phi) is 5.35. The number of amides is 1. The minimum Gasteiger partial charge on any atom is -0.453 e. The molecule has 9 heteroatoms. The third-order valence-corrected chi connectivity index (χ3v) is 4.14. The molecule has 0 aliphatic rings. The Hall–Kier alpha value is -2.23. The number of carbonyl (C=O) groups excluding carboxylic acids is 1. The van der Waals surface area contributed by atoms with Crippen LogP contribution in [-0.2, 0) is 11.3 Å². The van der Waals surface area contributed by atoms with Crippen LogP contribution in [0.5, 0.6) is 0 Å². The third kappa shape index (κ3) is 4.88. The van der Waals surface area contributed by atoms with Crippen LogP contribution < -0.4 is 10.6 Å². The van der Waals surface area contributed by atoms with Crippen LogP contribution in [0.2, 0.25) is 0 Å². The summed E-state index contributed by atoms with van der Waals surface area (Å²) in [6.45, 7) is 0.645. The third-order valence-electron chi connectivity index (χ3n) is 2.63. The maximum Gasteiger partial charge on any atom is 0.240 e. The minimum atomic E-state index is -0.140. The summed E-state index contributed by atoms with van der Waals surface area (Å²) in [7, 11) is 0. The highest BCUT2D eigenvalue weighted by atomic mass is 32.2. The van der Waals surface area contributed by atoms with E-state index in [9.17, 15) is 4.79 Å². The molecule has 0 aliphatic heterocycles. The Morgan fingerprint density at radius 2 is 2.09 bits per heavy atom. The molecule has 3 heterocycles. The molecular weight excluding hydrogens is 334 g/mol. The summed E-state index contributed by atoms with van der Waals surface area (Å²) in [5.74, 6) is 0.601. The fraction of sp³-hybridized carbons (Fsp3) is 0.143. The van der Waals surface area contributed by atoms with Crippen LogP contribution in [-0.4, -0.2) is 27.4 Å². The molecule has 0 radical (unpaired) electrons. The van der Waals surface area contributed by atoms with Gasteiger partial charge in [-0.1, -0.05) is 0 Å². The maximum atomic E-state index is 11.7. The number of hydrogen-bond acceptors (Lipinski definition) is 8. The number of anilines is 1. The predicted molar refractivity (Wildman–Crippen MR) is 87.3 cm³/mol. The minimum absolute atomic E-state index is 0.140. The van der Waals surface area contributed by atoms with Gasteiger partial charge in [0.2, 0.25) is 5.91 Å². The fourth-order valence-electron chi connectivity index (χ4n) is 1.68. The molecule has 0 unspecified atom stereocenters. The number of carbonyl (C=O) groups is 1. The van der Waals surface area contributed by atoms with Crippen LogP contribution in [0.1, 0.15) is 5.76 Å². The number of hydrogen-bond donors (Lipinski definition) is 2. The van der Waals surface area contributed by atoms with E-state index < -0.39 is 0 Å². The Morgan fingerprint density at radius 1 is 1.22 bits per heavy atom. The smallest absolute Gasteiger partial charge is 0.240 e. The quantitative estimate of drug-likeness (QED) is 0.634. The number of nitrogens with zero attached hydrogens (tertiary/aromatic N) is 3. The molecule has 0 atom stereocenters. The summed E-state index contributed by atoms with van der Waals surface area (Å²) < 4.78 is 5.65. The highest BCUT2D eigenvalue weighted by molar-refractivity contribution is 7.99. The van der Waals surface area contributed by atoms with Gasteiger partial charge >= 0.3 is 0 Å². The van der Waals surface area contributed by atoms with E-state index in [1.54, 1.807) is 24.7 Å². The lowest BCUT2D eigenvalue weighted by Gasteiger charge is -2.02. The summed E-state index contributed by atoms with van der Waals surface area (Å²) in [5, 5.41) is 9.46. The zero-order valence-electron chi connectivity index (χ0n) is 11.9. The van der Waals surface area contributed by atoms with E-state index in [4.69, 9.17) is 4.42 Å². The lowest BCUT2D eigenvalue weighted by atomic mass is 10.4. The highest BCUT2D eigenvalue weighted by Gasteiger charge is 2.07. The normalized spacial score (nSPS) is 10.6. The van der Waals surface area contributed by atoms with Crippen LogP contribution in [0.4, 0.5) is 5.13 Å². The standard InChI is InChI=1S/C14H13N5O2S2/c20-11(19-14-18-6-7-22-14)9-15-8-10-2-3-12(21-10)23-13-16-4-1-5-17-13/h1-7,15H,8-9H2,(H,18,19,20). The molecule has 3 aromatic heterocycles. The first-order valence-electron chi connectivity index (χ1n) is 6.73. The van der Waals surface area contributed by atoms with Crippen LogP contribution in [0.3, 0.4) is 0 Å². The van der Waals surface area contributed by atoms with Crippen molar-refractivity contribution in [3.63, 3.8) is 0 Å². The Morgan fingerprint density at radius 3 is 2.87 bits per heavy atom. The first kappa shape index (κ1) is 15.7. The van der Waals surface area contributed by atoms with Crippen molar-refractivity contribution >= 4 is 34.1 Å². The molecule has 0 spiro atoms. The van der Waals surface area contributed by atoms with Gasteiger partial charge in [0.05, 0.1) is 13.1 Å². The second-order valence-corrected chi connectivity index (χ2v) is 6.21. The largest absolute Gasteiger partial charge is 0.453 e. The molecule has 0 aromatic carbocycles. The van der Waals surface area contributed by atoms with E-state index in [0.717, 1.165) is 5.76 Å². The molecule has 1 amide bonds. The number of furan rings is 1. The van der Waals surface area contributed by atoms with Crippen molar-refractivity contribution in [3.05, 3.63) is 47.9 Å². The van der Waals surface area contributed by atoms with Gasteiger partial charge in [0.15, 0.2) is 15.4 Å². The molecular formula is C14H13N5O2S2.